The summed E-state index contributed by atoms with van der Waals surface area (Å²) in [6, 6.07) is 14.9. The van der Waals surface area contributed by atoms with Crippen LogP contribution in [0, 0.1) is 0 Å². The van der Waals surface area contributed by atoms with Gasteiger partial charge in [-0.05, 0) is 30.5 Å². The molecule has 96 valence electrons. The minimum atomic E-state index is -0.239. The van der Waals surface area contributed by atoms with Crippen LogP contribution in [0.15, 0.2) is 42.5 Å². The van der Waals surface area contributed by atoms with E-state index >= 15 is 0 Å². The number of thiophene rings is 1. The van der Waals surface area contributed by atoms with Crippen LogP contribution in [0.4, 0.5) is 0 Å². The molecule has 1 heterocycles. The molecule has 0 spiro atoms. The molecule has 0 aliphatic heterocycles. The molecule has 0 aliphatic carbocycles. The van der Waals surface area contributed by atoms with Crippen molar-refractivity contribution in [3.8, 4) is 0 Å². The fraction of sp³-hybridized carbons (Fsp3) is 0.375. The van der Waals surface area contributed by atoms with E-state index in [0.717, 1.165) is 19.3 Å². The van der Waals surface area contributed by atoms with E-state index in [4.69, 9.17) is 5.73 Å². The predicted octanol–water partition coefficient (Wildman–Crippen LogP) is 4.12. The van der Waals surface area contributed by atoms with Crippen LogP contribution in [0.2, 0.25) is 0 Å². The first kappa shape index (κ1) is 13.3. The molecule has 0 saturated heterocycles. The molecule has 0 fully saturated rings. The van der Waals surface area contributed by atoms with Crippen molar-refractivity contribution in [2.24, 2.45) is 5.73 Å². The molecule has 0 aliphatic rings. The number of aryl methyl sites for hydroxylation is 1. The van der Waals surface area contributed by atoms with Gasteiger partial charge in [0.2, 0.25) is 0 Å². The second-order valence-electron chi connectivity index (χ2n) is 4.77. The average Bonchev–Trinajstić information content (AvgIpc) is 2.87. The quantitative estimate of drug-likeness (QED) is 0.859. The van der Waals surface area contributed by atoms with Gasteiger partial charge in [-0.25, -0.2) is 0 Å². The molecular formula is C16H21NS. The van der Waals surface area contributed by atoms with Crippen molar-refractivity contribution in [3.63, 3.8) is 0 Å². The highest BCUT2D eigenvalue weighted by atomic mass is 32.1. The zero-order valence-electron chi connectivity index (χ0n) is 11.1. The molecule has 1 atom stereocenters. The SMILES string of the molecule is CCc1ccc(CC(N)(CC)c2ccccc2)s1. The van der Waals surface area contributed by atoms with Crippen molar-refractivity contribution in [2.45, 2.75) is 38.6 Å². The van der Waals surface area contributed by atoms with E-state index in [2.05, 4.69) is 50.2 Å². The third kappa shape index (κ3) is 2.82. The average molecular weight is 259 g/mol. The summed E-state index contributed by atoms with van der Waals surface area (Å²) in [4.78, 5) is 2.83. The van der Waals surface area contributed by atoms with Gasteiger partial charge in [0.05, 0.1) is 0 Å². The van der Waals surface area contributed by atoms with E-state index in [1.54, 1.807) is 0 Å². The topological polar surface area (TPSA) is 26.0 Å². The smallest absolute Gasteiger partial charge is 0.0455 e. The fourth-order valence-corrected chi connectivity index (χ4v) is 3.30. The van der Waals surface area contributed by atoms with Crippen LogP contribution in [-0.4, -0.2) is 0 Å². The lowest BCUT2D eigenvalue weighted by Gasteiger charge is -2.28. The highest BCUT2D eigenvalue weighted by Crippen LogP contribution is 2.29. The van der Waals surface area contributed by atoms with E-state index in [-0.39, 0.29) is 5.54 Å². The molecule has 1 aromatic carbocycles. The summed E-state index contributed by atoms with van der Waals surface area (Å²) < 4.78 is 0. The summed E-state index contributed by atoms with van der Waals surface area (Å²) in [6.07, 6.45) is 2.99. The Labute approximate surface area is 114 Å². The zero-order chi connectivity index (χ0) is 13.0. The van der Waals surface area contributed by atoms with E-state index in [1.807, 2.05) is 17.4 Å². The van der Waals surface area contributed by atoms with Crippen molar-refractivity contribution in [1.82, 2.24) is 0 Å². The van der Waals surface area contributed by atoms with Crippen LogP contribution in [-0.2, 0) is 18.4 Å². The molecule has 2 rings (SSSR count). The van der Waals surface area contributed by atoms with Gasteiger partial charge in [0, 0.05) is 21.7 Å². The molecule has 2 aromatic rings. The Balaban J connectivity index is 2.23. The van der Waals surface area contributed by atoms with Crippen LogP contribution in [0.5, 0.6) is 0 Å². The fourth-order valence-electron chi connectivity index (χ4n) is 2.22. The monoisotopic (exact) mass is 259 g/mol. The summed E-state index contributed by atoms with van der Waals surface area (Å²) in [5, 5.41) is 0. The third-order valence-corrected chi connectivity index (χ3v) is 4.76. The maximum absolute atomic E-state index is 6.61. The Hall–Kier alpha value is -1.12. The number of hydrogen-bond acceptors (Lipinski definition) is 2. The van der Waals surface area contributed by atoms with Crippen LogP contribution in [0.3, 0.4) is 0 Å². The Bertz CT molecular complexity index is 489. The molecule has 1 unspecified atom stereocenters. The first-order chi connectivity index (χ1) is 8.68. The normalized spacial score (nSPS) is 14.4. The molecular weight excluding hydrogens is 238 g/mol. The van der Waals surface area contributed by atoms with E-state index in [0.29, 0.717) is 0 Å². The highest BCUT2D eigenvalue weighted by Gasteiger charge is 2.25. The third-order valence-electron chi connectivity index (χ3n) is 3.54. The Morgan fingerprint density at radius 2 is 1.67 bits per heavy atom. The van der Waals surface area contributed by atoms with E-state index in [1.165, 1.54) is 15.3 Å². The van der Waals surface area contributed by atoms with Gasteiger partial charge in [-0.3, -0.25) is 0 Å². The Morgan fingerprint density at radius 1 is 1.00 bits per heavy atom. The van der Waals surface area contributed by atoms with E-state index in [9.17, 15) is 0 Å². The van der Waals surface area contributed by atoms with Crippen LogP contribution < -0.4 is 5.73 Å². The van der Waals surface area contributed by atoms with Crippen molar-refractivity contribution in [1.29, 1.82) is 0 Å². The predicted molar refractivity (Wildman–Crippen MR) is 80.0 cm³/mol. The van der Waals surface area contributed by atoms with Crippen LogP contribution in [0.25, 0.3) is 0 Å². The second-order valence-corrected chi connectivity index (χ2v) is 6.03. The molecule has 0 saturated carbocycles. The van der Waals surface area contributed by atoms with Gasteiger partial charge >= 0.3 is 0 Å². The molecule has 0 radical (unpaired) electrons. The molecule has 18 heavy (non-hydrogen) atoms. The lowest BCUT2D eigenvalue weighted by molar-refractivity contribution is 0.428. The van der Waals surface area contributed by atoms with Gasteiger partial charge in [0.25, 0.3) is 0 Å². The second kappa shape index (κ2) is 5.68. The summed E-state index contributed by atoms with van der Waals surface area (Å²) in [5.74, 6) is 0. The first-order valence-electron chi connectivity index (χ1n) is 6.60. The first-order valence-corrected chi connectivity index (χ1v) is 7.41. The van der Waals surface area contributed by atoms with Gasteiger partial charge in [-0.1, -0.05) is 44.2 Å². The van der Waals surface area contributed by atoms with Crippen LogP contribution >= 0.6 is 11.3 Å². The summed E-state index contributed by atoms with van der Waals surface area (Å²) in [7, 11) is 0. The number of benzene rings is 1. The minimum absolute atomic E-state index is 0.239. The summed E-state index contributed by atoms with van der Waals surface area (Å²) in [5.41, 5.74) is 7.60. The number of nitrogens with two attached hydrogens (primary N) is 1. The summed E-state index contributed by atoms with van der Waals surface area (Å²) in [6.45, 7) is 4.36. The van der Waals surface area contributed by atoms with Crippen molar-refractivity contribution < 1.29 is 0 Å². The highest BCUT2D eigenvalue weighted by molar-refractivity contribution is 7.12. The molecule has 1 nitrogen and oxygen atoms in total. The van der Waals surface area contributed by atoms with Gasteiger partial charge < -0.3 is 5.73 Å². The van der Waals surface area contributed by atoms with Crippen LogP contribution in [0.1, 0.15) is 35.6 Å². The lowest BCUT2D eigenvalue weighted by Crippen LogP contribution is -2.38. The maximum atomic E-state index is 6.61. The molecule has 1 aromatic heterocycles. The standard InChI is InChI=1S/C16H21NS/c1-3-14-10-11-15(18-14)12-16(17,4-2)13-8-6-5-7-9-13/h5-11H,3-4,12,17H2,1-2H3. The Morgan fingerprint density at radius 3 is 2.22 bits per heavy atom. The molecule has 2 heteroatoms. The maximum Gasteiger partial charge on any atom is 0.0455 e. The van der Waals surface area contributed by atoms with Crippen molar-refractivity contribution in [2.75, 3.05) is 0 Å². The molecule has 0 amide bonds. The molecule has 2 N–H and O–H groups in total. The number of hydrogen-bond donors (Lipinski definition) is 1. The molecule has 0 bridgehead atoms. The Kier molecular flexibility index (Phi) is 4.20. The van der Waals surface area contributed by atoms with Gasteiger partial charge in [-0.2, -0.15) is 0 Å². The lowest BCUT2D eigenvalue weighted by atomic mass is 9.85. The summed E-state index contributed by atoms with van der Waals surface area (Å²) >= 11 is 1.89. The van der Waals surface area contributed by atoms with Gasteiger partial charge in [0.1, 0.15) is 0 Å². The largest absolute Gasteiger partial charge is 0.321 e. The van der Waals surface area contributed by atoms with Crippen molar-refractivity contribution in [3.05, 3.63) is 57.8 Å². The van der Waals surface area contributed by atoms with Gasteiger partial charge in [0.15, 0.2) is 0 Å². The minimum Gasteiger partial charge on any atom is -0.321 e. The van der Waals surface area contributed by atoms with Crippen molar-refractivity contribution >= 4 is 11.3 Å². The number of rotatable bonds is 5. The van der Waals surface area contributed by atoms with Gasteiger partial charge in [-0.15, -0.1) is 11.3 Å². The van der Waals surface area contributed by atoms with E-state index < -0.39 is 0 Å². The zero-order valence-corrected chi connectivity index (χ0v) is 12.0.